The molecule has 0 aliphatic carbocycles. The number of nitrogens with one attached hydrogen (secondary N) is 2. The molecule has 2 rings (SSSR count). The smallest absolute Gasteiger partial charge is 0.215 e. The summed E-state index contributed by atoms with van der Waals surface area (Å²) < 4.78 is 40.0. The van der Waals surface area contributed by atoms with E-state index in [2.05, 4.69) is 15.6 Å². The van der Waals surface area contributed by atoms with Gasteiger partial charge in [0.2, 0.25) is 10.0 Å². The highest BCUT2D eigenvalue weighted by Crippen LogP contribution is 2.24. The molecule has 1 aliphatic heterocycles. The van der Waals surface area contributed by atoms with E-state index in [0.29, 0.717) is 32.1 Å². The molecule has 0 spiro atoms. The van der Waals surface area contributed by atoms with Gasteiger partial charge in [0, 0.05) is 43.1 Å². The van der Waals surface area contributed by atoms with Gasteiger partial charge < -0.3 is 10.6 Å². The number of sulfonamides is 1. The minimum atomic E-state index is -3.25. The molecule has 0 radical (unpaired) electrons. The minimum absolute atomic E-state index is 0. The van der Waals surface area contributed by atoms with E-state index in [-0.39, 0.29) is 47.5 Å². The van der Waals surface area contributed by atoms with Crippen LogP contribution < -0.4 is 10.6 Å². The normalized spacial score (nSPS) is 16.2. The Morgan fingerprint density at radius 3 is 2.59 bits per heavy atom. The molecular weight excluding hydrogens is 526 g/mol. The van der Waals surface area contributed by atoms with Crippen molar-refractivity contribution in [1.29, 1.82) is 0 Å². The van der Waals surface area contributed by atoms with Crippen molar-refractivity contribution < 1.29 is 12.8 Å². The molecule has 1 saturated heterocycles. The predicted octanol–water partition coefficient (Wildman–Crippen LogP) is 2.66. The van der Waals surface area contributed by atoms with Gasteiger partial charge in [-0.3, -0.25) is 4.99 Å². The van der Waals surface area contributed by atoms with Crippen molar-refractivity contribution in [2.45, 2.75) is 26.2 Å². The number of halogens is 2. The molecule has 1 heterocycles. The van der Waals surface area contributed by atoms with Gasteiger partial charge in [0.1, 0.15) is 5.82 Å². The summed E-state index contributed by atoms with van der Waals surface area (Å²) in [5.74, 6) is 2.05. The Hall–Kier alpha value is -0.590. The van der Waals surface area contributed by atoms with E-state index in [0.717, 1.165) is 17.1 Å². The van der Waals surface area contributed by atoms with Crippen molar-refractivity contribution in [2.24, 2.45) is 4.99 Å². The third-order valence-electron chi connectivity index (χ3n) is 4.60. The van der Waals surface area contributed by atoms with Crippen LogP contribution in [0.25, 0.3) is 0 Å². The zero-order valence-corrected chi connectivity index (χ0v) is 21.2. The molecule has 0 amide bonds. The number of aliphatic imine (C=N–C) groups is 1. The van der Waals surface area contributed by atoms with Crippen LogP contribution in [0, 0.1) is 5.82 Å². The highest BCUT2D eigenvalue weighted by Gasteiger charge is 2.24. The quantitative estimate of drug-likeness (QED) is 0.292. The zero-order valence-electron chi connectivity index (χ0n) is 17.3. The van der Waals surface area contributed by atoms with Crippen LogP contribution in [0.5, 0.6) is 0 Å². The second-order valence-corrected chi connectivity index (χ2v) is 10.7. The number of thioether (sulfide) groups is 1. The van der Waals surface area contributed by atoms with E-state index in [1.165, 1.54) is 12.1 Å². The highest BCUT2D eigenvalue weighted by atomic mass is 127. The first-order valence-corrected chi connectivity index (χ1v) is 12.3. The molecule has 0 unspecified atom stereocenters. The monoisotopic (exact) mass is 558 g/mol. The molecule has 166 valence electrons. The highest BCUT2D eigenvalue weighted by molar-refractivity contribution is 14.0. The van der Waals surface area contributed by atoms with E-state index in [9.17, 15) is 12.8 Å². The summed E-state index contributed by atoms with van der Waals surface area (Å²) in [4.78, 5) is 4.58. The molecule has 0 saturated carbocycles. The lowest BCUT2D eigenvalue weighted by Crippen LogP contribution is -2.44. The lowest BCUT2D eigenvalue weighted by Gasteiger charge is -2.26. The molecule has 2 N–H and O–H groups in total. The number of hydrogen-bond donors (Lipinski definition) is 2. The molecule has 1 aromatic carbocycles. The van der Waals surface area contributed by atoms with Crippen molar-refractivity contribution in [2.75, 3.05) is 50.0 Å². The van der Waals surface area contributed by atoms with Crippen molar-refractivity contribution >= 4 is 51.7 Å². The van der Waals surface area contributed by atoms with Crippen LogP contribution in [0.1, 0.15) is 26.3 Å². The topological polar surface area (TPSA) is 73.8 Å². The molecule has 1 aromatic rings. The third kappa shape index (κ3) is 8.58. The fraction of sp³-hybridized carbons (Fsp3) is 0.632. The molecular formula is C19H32FIN4O2S2. The number of guanidine groups is 1. The third-order valence-corrected chi connectivity index (χ3v) is 7.41. The Kier molecular flexibility index (Phi) is 11.2. The summed E-state index contributed by atoms with van der Waals surface area (Å²) in [6.07, 6.45) is 0. The molecule has 6 nitrogen and oxygen atoms in total. The Bertz CT molecular complexity index is 769. The standard InChI is InChI=1S/C19H31FN4O2S2.HI/c1-4-21-18(22-8-13-28(25,26)24-9-11-27-12-10-24)23-15-19(2,3)16-6-5-7-17(20)14-16;/h5-7,14H,4,8-13,15H2,1-3H3,(H2,21,22,23);1H. The number of hydrogen-bond acceptors (Lipinski definition) is 4. The van der Waals surface area contributed by atoms with E-state index in [1.807, 2.05) is 26.8 Å². The Balaban J connectivity index is 0.00000420. The van der Waals surface area contributed by atoms with Crippen LogP contribution in [-0.2, 0) is 15.4 Å². The summed E-state index contributed by atoms with van der Waals surface area (Å²) in [6.45, 7) is 8.55. The van der Waals surface area contributed by atoms with Gasteiger partial charge in [0.05, 0.1) is 12.3 Å². The van der Waals surface area contributed by atoms with Gasteiger partial charge in [-0.1, -0.05) is 26.0 Å². The summed E-state index contributed by atoms with van der Waals surface area (Å²) in [6, 6.07) is 6.54. The first kappa shape index (κ1) is 26.4. The van der Waals surface area contributed by atoms with Crippen LogP contribution in [0.3, 0.4) is 0 Å². The van der Waals surface area contributed by atoms with Crippen molar-refractivity contribution in [3.05, 3.63) is 35.6 Å². The van der Waals surface area contributed by atoms with Crippen LogP contribution in [0.4, 0.5) is 4.39 Å². The van der Waals surface area contributed by atoms with Gasteiger partial charge in [0.15, 0.2) is 5.96 Å². The largest absolute Gasteiger partial charge is 0.357 e. The lowest BCUT2D eigenvalue weighted by molar-refractivity contribution is 0.443. The molecule has 29 heavy (non-hydrogen) atoms. The van der Waals surface area contributed by atoms with Gasteiger partial charge in [-0.05, 0) is 24.6 Å². The maximum Gasteiger partial charge on any atom is 0.215 e. The first-order valence-electron chi connectivity index (χ1n) is 9.58. The summed E-state index contributed by atoms with van der Waals surface area (Å²) in [5.41, 5.74) is 0.528. The average molecular weight is 559 g/mol. The van der Waals surface area contributed by atoms with E-state index >= 15 is 0 Å². The van der Waals surface area contributed by atoms with E-state index in [4.69, 9.17) is 0 Å². The summed E-state index contributed by atoms with van der Waals surface area (Å²) in [5, 5.41) is 6.24. The number of rotatable bonds is 8. The molecule has 1 fully saturated rings. The summed E-state index contributed by atoms with van der Waals surface area (Å²) in [7, 11) is -3.25. The van der Waals surface area contributed by atoms with E-state index in [1.54, 1.807) is 22.1 Å². The zero-order chi connectivity index (χ0) is 20.6. The second kappa shape index (κ2) is 12.3. The van der Waals surface area contributed by atoms with E-state index < -0.39 is 10.0 Å². The Morgan fingerprint density at radius 2 is 1.97 bits per heavy atom. The Morgan fingerprint density at radius 1 is 1.28 bits per heavy atom. The van der Waals surface area contributed by atoms with Gasteiger partial charge >= 0.3 is 0 Å². The second-order valence-electron chi connectivity index (χ2n) is 7.34. The molecule has 0 atom stereocenters. The van der Waals surface area contributed by atoms with Crippen molar-refractivity contribution in [3.63, 3.8) is 0 Å². The van der Waals surface area contributed by atoms with Crippen molar-refractivity contribution in [1.82, 2.24) is 14.9 Å². The number of benzene rings is 1. The van der Waals surface area contributed by atoms with Crippen molar-refractivity contribution in [3.8, 4) is 0 Å². The lowest BCUT2D eigenvalue weighted by atomic mass is 9.85. The minimum Gasteiger partial charge on any atom is -0.357 e. The molecule has 0 bridgehead atoms. The van der Waals surface area contributed by atoms with Crippen LogP contribution >= 0.6 is 35.7 Å². The van der Waals surface area contributed by atoms with Crippen LogP contribution in [-0.4, -0.2) is 68.7 Å². The molecule has 0 aromatic heterocycles. The fourth-order valence-corrected chi connectivity index (χ4v) is 5.36. The predicted molar refractivity (Wildman–Crippen MR) is 132 cm³/mol. The summed E-state index contributed by atoms with van der Waals surface area (Å²) >= 11 is 1.78. The van der Waals surface area contributed by atoms with Gasteiger partial charge in [-0.2, -0.15) is 11.8 Å². The van der Waals surface area contributed by atoms with Crippen LogP contribution in [0.15, 0.2) is 29.3 Å². The van der Waals surface area contributed by atoms with Gasteiger partial charge in [-0.25, -0.2) is 17.1 Å². The SMILES string of the molecule is CCNC(=NCC(C)(C)c1cccc(F)c1)NCCS(=O)(=O)N1CCSCC1.I. The van der Waals surface area contributed by atoms with Crippen LogP contribution in [0.2, 0.25) is 0 Å². The fourth-order valence-electron chi connectivity index (χ4n) is 2.87. The van der Waals surface area contributed by atoms with Gasteiger partial charge in [0.25, 0.3) is 0 Å². The molecule has 10 heteroatoms. The van der Waals surface area contributed by atoms with Gasteiger partial charge in [-0.15, -0.1) is 24.0 Å². The number of nitrogens with zero attached hydrogens (tertiary/aromatic N) is 2. The molecule has 1 aliphatic rings. The average Bonchev–Trinajstić information content (AvgIpc) is 2.67. The maximum absolute atomic E-state index is 13.5. The maximum atomic E-state index is 13.5. The Labute approximate surface area is 195 Å². The first-order chi connectivity index (χ1) is 13.2.